The zero-order valence-electron chi connectivity index (χ0n) is 10.9. The zero-order chi connectivity index (χ0) is 13.9. The molecule has 4 nitrogen and oxygen atoms in total. The van der Waals surface area contributed by atoms with Crippen molar-refractivity contribution in [1.82, 2.24) is 4.90 Å². The topological polar surface area (TPSA) is 49.4 Å². The molecule has 4 atom stereocenters. The number of amides is 3. The Balaban J connectivity index is 1.49. The van der Waals surface area contributed by atoms with Crippen LogP contribution >= 0.6 is 11.6 Å². The second-order valence-electron chi connectivity index (χ2n) is 5.99. The summed E-state index contributed by atoms with van der Waals surface area (Å²) in [7, 11) is 0. The standard InChI is InChI=1S/C15H15ClN2O2/c16-10-3-5-11(6-4-10)17-15(20)18-13-9-2-1-8(7-9)12(13)14(18)19/h3-6,8-9,12-13H,1-2,7H2,(H,17,20)/t8-,9+,12+,13-/m0/s1. The number of hydrogen-bond acceptors (Lipinski definition) is 2. The summed E-state index contributed by atoms with van der Waals surface area (Å²) < 4.78 is 0. The Bertz CT molecular complexity index is 586. The highest BCUT2D eigenvalue weighted by Crippen LogP contribution is 2.56. The van der Waals surface area contributed by atoms with E-state index < -0.39 is 0 Å². The third-order valence-corrected chi connectivity index (χ3v) is 5.26. The highest BCUT2D eigenvalue weighted by molar-refractivity contribution is 6.30. The van der Waals surface area contributed by atoms with Crippen LogP contribution in [-0.2, 0) is 4.79 Å². The van der Waals surface area contributed by atoms with E-state index in [9.17, 15) is 9.59 Å². The molecule has 1 saturated heterocycles. The number of carbonyl (C=O) groups is 2. The number of nitrogens with zero attached hydrogens (tertiary/aromatic N) is 1. The van der Waals surface area contributed by atoms with E-state index in [1.54, 1.807) is 24.3 Å². The largest absolute Gasteiger partial charge is 0.328 e. The van der Waals surface area contributed by atoms with E-state index >= 15 is 0 Å². The van der Waals surface area contributed by atoms with Crippen LogP contribution < -0.4 is 5.32 Å². The lowest BCUT2D eigenvalue weighted by Gasteiger charge is -2.47. The Morgan fingerprint density at radius 3 is 2.65 bits per heavy atom. The average Bonchev–Trinajstić information content (AvgIpc) is 2.98. The summed E-state index contributed by atoms with van der Waals surface area (Å²) in [4.78, 5) is 25.9. The van der Waals surface area contributed by atoms with Gasteiger partial charge in [-0.05, 0) is 55.4 Å². The van der Waals surface area contributed by atoms with E-state index in [0.717, 1.165) is 19.3 Å². The lowest BCUT2D eigenvalue weighted by Crippen LogP contribution is -2.66. The number of nitrogens with one attached hydrogen (secondary N) is 1. The van der Waals surface area contributed by atoms with Crippen molar-refractivity contribution in [1.29, 1.82) is 0 Å². The smallest absolute Gasteiger partial charge is 0.307 e. The molecule has 5 heteroatoms. The maximum absolute atomic E-state index is 12.3. The maximum atomic E-state index is 12.3. The molecule has 0 aromatic heterocycles. The van der Waals surface area contributed by atoms with Crippen molar-refractivity contribution in [3.8, 4) is 0 Å². The molecule has 1 aromatic rings. The first-order chi connectivity index (χ1) is 9.65. The number of imide groups is 1. The molecule has 104 valence electrons. The molecule has 0 spiro atoms. The number of likely N-dealkylation sites (tertiary alicyclic amines) is 1. The molecule has 3 amide bonds. The Morgan fingerprint density at radius 1 is 1.20 bits per heavy atom. The predicted molar refractivity (Wildman–Crippen MR) is 75.4 cm³/mol. The Kier molecular flexibility index (Phi) is 2.58. The van der Waals surface area contributed by atoms with Crippen LogP contribution in [0.1, 0.15) is 19.3 Å². The van der Waals surface area contributed by atoms with Gasteiger partial charge in [0.2, 0.25) is 5.91 Å². The van der Waals surface area contributed by atoms with Crippen LogP contribution in [0.5, 0.6) is 0 Å². The first kappa shape index (κ1) is 12.2. The predicted octanol–water partition coefficient (Wildman–Crippen LogP) is 3.13. The van der Waals surface area contributed by atoms with Crippen molar-refractivity contribution < 1.29 is 9.59 Å². The summed E-state index contributed by atoms with van der Waals surface area (Å²) in [6.45, 7) is 0. The van der Waals surface area contributed by atoms with E-state index in [1.165, 1.54) is 4.90 Å². The summed E-state index contributed by atoms with van der Waals surface area (Å²) >= 11 is 5.81. The van der Waals surface area contributed by atoms with Crippen LogP contribution in [0.2, 0.25) is 5.02 Å². The quantitative estimate of drug-likeness (QED) is 0.808. The summed E-state index contributed by atoms with van der Waals surface area (Å²) in [5.74, 6) is 1.18. The van der Waals surface area contributed by atoms with Gasteiger partial charge in [0.1, 0.15) is 0 Å². The van der Waals surface area contributed by atoms with Gasteiger partial charge in [-0.1, -0.05) is 11.6 Å². The molecule has 0 unspecified atom stereocenters. The van der Waals surface area contributed by atoms with Crippen molar-refractivity contribution in [2.75, 3.05) is 5.32 Å². The SMILES string of the molecule is O=C(Nc1ccc(Cl)cc1)N1C(=O)[C@@H]2[C@H]3CC[C@H](C3)[C@@H]21. The summed E-state index contributed by atoms with van der Waals surface area (Å²) in [6.07, 6.45) is 3.43. The normalized spacial score (nSPS) is 33.9. The highest BCUT2D eigenvalue weighted by atomic mass is 35.5. The molecule has 4 rings (SSSR count). The van der Waals surface area contributed by atoms with Crippen molar-refractivity contribution >= 4 is 29.2 Å². The number of carbonyl (C=O) groups excluding carboxylic acids is 2. The fourth-order valence-electron chi connectivity index (χ4n) is 4.16. The monoisotopic (exact) mass is 290 g/mol. The summed E-state index contributed by atoms with van der Waals surface area (Å²) in [5.41, 5.74) is 0.666. The van der Waals surface area contributed by atoms with Crippen LogP contribution in [0.4, 0.5) is 10.5 Å². The van der Waals surface area contributed by atoms with Gasteiger partial charge < -0.3 is 5.32 Å². The number of urea groups is 1. The van der Waals surface area contributed by atoms with Crippen LogP contribution in [-0.4, -0.2) is 22.9 Å². The van der Waals surface area contributed by atoms with Gasteiger partial charge >= 0.3 is 6.03 Å². The lowest BCUT2D eigenvalue weighted by atomic mass is 9.76. The van der Waals surface area contributed by atoms with Gasteiger partial charge in [0, 0.05) is 10.7 Å². The maximum Gasteiger partial charge on any atom is 0.328 e. The molecular weight excluding hydrogens is 276 g/mol. The number of anilines is 1. The second-order valence-corrected chi connectivity index (χ2v) is 6.43. The number of rotatable bonds is 1. The fraction of sp³-hybridized carbons (Fsp3) is 0.467. The van der Waals surface area contributed by atoms with Gasteiger partial charge in [0.05, 0.1) is 12.0 Å². The molecular formula is C15H15ClN2O2. The van der Waals surface area contributed by atoms with Gasteiger partial charge in [-0.15, -0.1) is 0 Å². The minimum atomic E-state index is -0.300. The highest BCUT2D eigenvalue weighted by Gasteiger charge is 2.63. The molecule has 1 aliphatic heterocycles. The molecule has 1 aromatic carbocycles. The Hall–Kier alpha value is -1.55. The number of β-lactam (4-membered cyclic amide) rings is 1. The zero-order valence-corrected chi connectivity index (χ0v) is 11.6. The van der Waals surface area contributed by atoms with Gasteiger partial charge in [-0.3, -0.25) is 9.69 Å². The first-order valence-corrected chi connectivity index (χ1v) is 7.42. The van der Waals surface area contributed by atoms with Gasteiger partial charge in [0.15, 0.2) is 0 Å². The minimum absolute atomic E-state index is 0.00802. The molecule has 2 saturated carbocycles. The number of fused-ring (bicyclic) bond motifs is 5. The number of hydrogen-bond donors (Lipinski definition) is 1. The molecule has 2 bridgehead atoms. The minimum Gasteiger partial charge on any atom is -0.307 e. The summed E-state index contributed by atoms with van der Waals surface area (Å²) in [6, 6.07) is 6.76. The number of halogens is 1. The van der Waals surface area contributed by atoms with E-state index in [4.69, 9.17) is 11.6 Å². The van der Waals surface area contributed by atoms with Crippen molar-refractivity contribution in [2.24, 2.45) is 17.8 Å². The molecule has 1 heterocycles. The average molecular weight is 291 g/mol. The van der Waals surface area contributed by atoms with Gasteiger partial charge in [-0.2, -0.15) is 0 Å². The molecule has 0 radical (unpaired) electrons. The first-order valence-electron chi connectivity index (χ1n) is 7.05. The second kappa shape index (κ2) is 4.22. The molecule has 3 aliphatic rings. The van der Waals surface area contributed by atoms with Crippen LogP contribution in [0, 0.1) is 17.8 Å². The van der Waals surface area contributed by atoms with Crippen molar-refractivity contribution in [3.63, 3.8) is 0 Å². The van der Waals surface area contributed by atoms with Crippen molar-refractivity contribution in [2.45, 2.75) is 25.3 Å². The fourth-order valence-corrected chi connectivity index (χ4v) is 4.28. The van der Waals surface area contributed by atoms with E-state index in [1.807, 2.05) is 0 Å². The Morgan fingerprint density at radius 2 is 1.90 bits per heavy atom. The molecule has 3 fully saturated rings. The summed E-state index contributed by atoms with van der Waals surface area (Å²) in [5, 5.41) is 3.40. The molecule has 2 aliphatic carbocycles. The molecule has 1 N–H and O–H groups in total. The van der Waals surface area contributed by atoms with Crippen LogP contribution in [0.15, 0.2) is 24.3 Å². The van der Waals surface area contributed by atoms with E-state index in [2.05, 4.69) is 5.32 Å². The van der Waals surface area contributed by atoms with Crippen LogP contribution in [0.25, 0.3) is 0 Å². The van der Waals surface area contributed by atoms with E-state index in [-0.39, 0.29) is 23.9 Å². The number of benzene rings is 1. The third-order valence-electron chi connectivity index (χ3n) is 5.01. The molecule has 20 heavy (non-hydrogen) atoms. The third kappa shape index (κ3) is 1.61. The van der Waals surface area contributed by atoms with Gasteiger partial charge in [0.25, 0.3) is 0 Å². The van der Waals surface area contributed by atoms with Gasteiger partial charge in [-0.25, -0.2) is 4.79 Å². The van der Waals surface area contributed by atoms with E-state index in [0.29, 0.717) is 22.5 Å². The lowest BCUT2D eigenvalue weighted by molar-refractivity contribution is -0.153. The van der Waals surface area contributed by atoms with Crippen LogP contribution in [0.3, 0.4) is 0 Å². The Labute approximate surface area is 122 Å². The van der Waals surface area contributed by atoms with Crippen molar-refractivity contribution in [3.05, 3.63) is 29.3 Å².